The highest BCUT2D eigenvalue weighted by atomic mass is 16.1. The summed E-state index contributed by atoms with van der Waals surface area (Å²) in [6, 6.07) is 18.3. The average Bonchev–Trinajstić information content (AvgIpc) is 2.62. The Morgan fingerprint density at radius 2 is 1.44 bits per heavy atom. The quantitative estimate of drug-likeness (QED) is 0.537. The first-order valence-electron chi connectivity index (χ1n) is 8.52. The SMILES string of the molecule is CN=C(NCCc1ccccc1)NCCc1ccc(NC(C)=O)cc1. The molecule has 0 bridgehead atoms. The monoisotopic (exact) mass is 338 g/mol. The van der Waals surface area contributed by atoms with Crippen LogP contribution in [0.2, 0.25) is 0 Å². The molecule has 0 aliphatic rings. The summed E-state index contributed by atoms with van der Waals surface area (Å²) in [5, 5.41) is 9.41. The first-order chi connectivity index (χ1) is 12.2. The number of nitrogens with one attached hydrogen (secondary N) is 3. The van der Waals surface area contributed by atoms with Gasteiger partial charge < -0.3 is 16.0 Å². The van der Waals surface area contributed by atoms with E-state index in [1.807, 2.05) is 30.3 Å². The van der Waals surface area contributed by atoms with Crippen LogP contribution in [0, 0.1) is 0 Å². The number of guanidine groups is 1. The number of amides is 1. The third kappa shape index (κ3) is 7.08. The molecular formula is C20H26N4O. The second-order valence-electron chi connectivity index (χ2n) is 5.79. The van der Waals surface area contributed by atoms with Gasteiger partial charge in [-0.3, -0.25) is 9.79 Å². The van der Waals surface area contributed by atoms with Crippen molar-refractivity contribution in [1.29, 1.82) is 0 Å². The van der Waals surface area contributed by atoms with Crippen LogP contribution in [0.25, 0.3) is 0 Å². The third-order valence-corrected chi connectivity index (χ3v) is 3.75. The maximum absolute atomic E-state index is 11.0. The molecule has 2 aromatic carbocycles. The van der Waals surface area contributed by atoms with E-state index in [1.54, 1.807) is 7.05 Å². The summed E-state index contributed by atoms with van der Waals surface area (Å²) in [4.78, 5) is 15.3. The van der Waals surface area contributed by atoms with Crippen molar-refractivity contribution < 1.29 is 4.79 Å². The van der Waals surface area contributed by atoms with E-state index < -0.39 is 0 Å². The topological polar surface area (TPSA) is 65.5 Å². The van der Waals surface area contributed by atoms with E-state index in [0.717, 1.165) is 37.6 Å². The lowest BCUT2D eigenvalue weighted by Gasteiger charge is -2.12. The lowest BCUT2D eigenvalue weighted by molar-refractivity contribution is -0.114. The van der Waals surface area contributed by atoms with Crippen LogP contribution in [0.15, 0.2) is 59.6 Å². The highest BCUT2D eigenvalue weighted by Crippen LogP contribution is 2.09. The summed E-state index contributed by atoms with van der Waals surface area (Å²) < 4.78 is 0. The van der Waals surface area contributed by atoms with Crippen LogP contribution in [-0.4, -0.2) is 32.0 Å². The number of carbonyl (C=O) groups excluding carboxylic acids is 1. The molecule has 0 spiro atoms. The molecule has 0 unspecified atom stereocenters. The number of hydrogen-bond donors (Lipinski definition) is 3. The maximum atomic E-state index is 11.0. The van der Waals surface area contributed by atoms with Crippen LogP contribution in [0.5, 0.6) is 0 Å². The molecule has 0 saturated heterocycles. The second-order valence-corrected chi connectivity index (χ2v) is 5.79. The fourth-order valence-electron chi connectivity index (χ4n) is 2.47. The van der Waals surface area contributed by atoms with Gasteiger partial charge in [0.1, 0.15) is 0 Å². The molecule has 0 aromatic heterocycles. The van der Waals surface area contributed by atoms with Gasteiger partial charge >= 0.3 is 0 Å². The van der Waals surface area contributed by atoms with Gasteiger partial charge in [-0.05, 0) is 36.1 Å². The minimum absolute atomic E-state index is 0.0557. The summed E-state index contributed by atoms with van der Waals surface area (Å²) in [6.07, 6.45) is 1.85. The van der Waals surface area contributed by atoms with Gasteiger partial charge in [0.25, 0.3) is 0 Å². The Hall–Kier alpha value is -2.82. The van der Waals surface area contributed by atoms with Crippen molar-refractivity contribution in [1.82, 2.24) is 10.6 Å². The summed E-state index contributed by atoms with van der Waals surface area (Å²) in [5.74, 6) is 0.755. The van der Waals surface area contributed by atoms with Crippen molar-refractivity contribution in [2.24, 2.45) is 4.99 Å². The number of aliphatic imine (C=N–C) groups is 1. The second kappa shape index (κ2) is 10.1. The molecule has 2 aromatic rings. The molecule has 132 valence electrons. The number of anilines is 1. The van der Waals surface area contributed by atoms with Crippen molar-refractivity contribution in [3.8, 4) is 0 Å². The number of rotatable bonds is 7. The molecule has 25 heavy (non-hydrogen) atoms. The smallest absolute Gasteiger partial charge is 0.221 e. The zero-order chi connectivity index (χ0) is 17.9. The highest BCUT2D eigenvalue weighted by Gasteiger charge is 2.00. The van der Waals surface area contributed by atoms with Gasteiger partial charge in [0.2, 0.25) is 5.91 Å². The van der Waals surface area contributed by atoms with Crippen molar-refractivity contribution in [2.45, 2.75) is 19.8 Å². The first-order valence-corrected chi connectivity index (χ1v) is 8.52. The van der Waals surface area contributed by atoms with Crippen LogP contribution in [-0.2, 0) is 17.6 Å². The molecule has 2 rings (SSSR count). The van der Waals surface area contributed by atoms with E-state index in [9.17, 15) is 4.79 Å². The van der Waals surface area contributed by atoms with Gasteiger partial charge in [-0.25, -0.2) is 0 Å². The van der Waals surface area contributed by atoms with Crippen LogP contribution < -0.4 is 16.0 Å². The third-order valence-electron chi connectivity index (χ3n) is 3.75. The molecule has 0 aliphatic carbocycles. The van der Waals surface area contributed by atoms with E-state index >= 15 is 0 Å². The molecule has 0 fully saturated rings. The molecule has 1 amide bonds. The Labute approximate surface area is 149 Å². The van der Waals surface area contributed by atoms with Gasteiger partial charge in [-0.2, -0.15) is 0 Å². The number of hydrogen-bond acceptors (Lipinski definition) is 2. The van der Waals surface area contributed by atoms with E-state index in [2.05, 4.69) is 45.2 Å². The van der Waals surface area contributed by atoms with Gasteiger partial charge in [0, 0.05) is 32.7 Å². The molecule has 0 radical (unpaired) electrons. The van der Waals surface area contributed by atoms with Gasteiger partial charge in [-0.1, -0.05) is 42.5 Å². The zero-order valence-corrected chi connectivity index (χ0v) is 14.9. The normalized spacial score (nSPS) is 11.0. The lowest BCUT2D eigenvalue weighted by atomic mass is 10.1. The van der Waals surface area contributed by atoms with Crippen LogP contribution in [0.3, 0.4) is 0 Å². The fraction of sp³-hybridized carbons (Fsp3) is 0.300. The minimum atomic E-state index is -0.0557. The van der Waals surface area contributed by atoms with Crippen molar-refractivity contribution in [3.05, 3.63) is 65.7 Å². The molecule has 5 heteroatoms. The van der Waals surface area contributed by atoms with E-state index in [-0.39, 0.29) is 5.91 Å². The Balaban J connectivity index is 1.69. The molecular weight excluding hydrogens is 312 g/mol. The predicted molar refractivity (Wildman–Crippen MR) is 104 cm³/mol. The fourth-order valence-corrected chi connectivity index (χ4v) is 2.47. The van der Waals surface area contributed by atoms with E-state index in [4.69, 9.17) is 0 Å². The average molecular weight is 338 g/mol. The van der Waals surface area contributed by atoms with Crippen molar-refractivity contribution in [2.75, 3.05) is 25.5 Å². The van der Waals surface area contributed by atoms with Gasteiger partial charge in [-0.15, -0.1) is 0 Å². The molecule has 3 N–H and O–H groups in total. The zero-order valence-electron chi connectivity index (χ0n) is 14.9. The molecule has 0 heterocycles. The summed E-state index contributed by atoms with van der Waals surface area (Å²) in [5.41, 5.74) is 3.34. The first kappa shape index (κ1) is 18.5. The van der Waals surface area contributed by atoms with Crippen LogP contribution >= 0.6 is 0 Å². The Morgan fingerprint density at radius 1 is 0.880 bits per heavy atom. The predicted octanol–water partition coefficient (Wildman–Crippen LogP) is 2.60. The molecule has 5 nitrogen and oxygen atoms in total. The summed E-state index contributed by atoms with van der Waals surface area (Å²) in [7, 11) is 1.78. The van der Waals surface area contributed by atoms with E-state index in [1.165, 1.54) is 18.1 Å². The number of nitrogens with zero attached hydrogens (tertiary/aromatic N) is 1. The summed E-state index contributed by atoms with van der Waals surface area (Å²) >= 11 is 0. The Bertz CT molecular complexity index is 681. The lowest BCUT2D eigenvalue weighted by Crippen LogP contribution is -2.39. The summed E-state index contributed by atoms with van der Waals surface area (Å²) in [6.45, 7) is 3.15. The maximum Gasteiger partial charge on any atom is 0.221 e. The molecule has 0 aliphatic heterocycles. The Morgan fingerprint density at radius 3 is 1.96 bits per heavy atom. The largest absolute Gasteiger partial charge is 0.356 e. The van der Waals surface area contributed by atoms with Crippen LogP contribution in [0.1, 0.15) is 18.1 Å². The van der Waals surface area contributed by atoms with E-state index in [0.29, 0.717) is 0 Å². The van der Waals surface area contributed by atoms with Gasteiger partial charge in [0.05, 0.1) is 0 Å². The molecule has 0 saturated carbocycles. The number of benzene rings is 2. The number of carbonyl (C=O) groups is 1. The van der Waals surface area contributed by atoms with Crippen molar-refractivity contribution in [3.63, 3.8) is 0 Å². The highest BCUT2D eigenvalue weighted by molar-refractivity contribution is 5.88. The van der Waals surface area contributed by atoms with Gasteiger partial charge in [0.15, 0.2) is 5.96 Å². The molecule has 0 atom stereocenters. The standard InChI is InChI=1S/C20H26N4O/c1-16(25)24-19-10-8-18(9-11-19)13-15-23-20(21-2)22-14-12-17-6-4-3-5-7-17/h3-11H,12-15H2,1-2H3,(H,24,25)(H2,21,22,23). The van der Waals surface area contributed by atoms with Crippen molar-refractivity contribution >= 4 is 17.6 Å². The Kier molecular flexibility index (Phi) is 7.50. The van der Waals surface area contributed by atoms with Crippen LogP contribution in [0.4, 0.5) is 5.69 Å². The minimum Gasteiger partial charge on any atom is -0.356 e.